The van der Waals surface area contributed by atoms with Gasteiger partial charge in [0.15, 0.2) is 0 Å². The third-order valence-corrected chi connectivity index (χ3v) is 4.06. The van der Waals surface area contributed by atoms with Crippen molar-refractivity contribution in [1.29, 1.82) is 0 Å². The molecular formula is C18H20N4O3. The summed E-state index contributed by atoms with van der Waals surface area (Å²) in [6, 6.07) is 9.01. The molecule has 0 saturated heterocycles. The average Bonchev–Trinajstić information content (AvgIpc) is 3.10. The fourth-order valence-electron chi connectivity index (χ4n) is 2.74. The van der Waals surface area contributed by atoms with E-state index in [0.717, 1.165) is 16.6 Å². The molecule has 0 fully saturated rings. The number of nitrogens with one attached hydrogen (secondary N) is 1. The first-order chi connectivity index (χ1) is 11.8. The van der Waals surface area contributed by atoms with E-state index in [-0.39, 0.29) is 18.4 Å². The lowest BCUT2D eigenvalue weighted by atomic mass is 10.1. The molecule has 0 saturated carbocycles. The third kappa shape index (κ3) is 3.40. The monoisotopic (exact) mass is 340 g/mol. The largest absolute Gasteiger partial charge is 0.480 e. The molecule has 3 aromatic rings. The Morgan fingerprint density at radius 2 is 2.00 bits per heavy atom. The third-order valence-electron chi connectivity index (χ3n) is 4.06. The summed E-state index contributed by atoms with van der Waals surface area (Å²) in [6.45, 7) is 3.96. The maximum absolute atomic E-state index is 12.5. The van der Waals surface area contributed by atoms with Crippen LogP contribution in [0, 0.1) is 0 Å². The highest BCUT2D eigenvalue weighted by Gasteiger charge is 2.15. The van der Waals surface area contributed by atoms with Gasteiger partial charge in [-0.1, -0.05) is 13.8 Å². The topological polar surface area (TPSA) is 89.1 Å². The Labute approximate surface area is 144 Å². The molecule has 1 amide bonds. The molecule has 0 aliphatic rings. The van der Waals surface area contributed by atoms with Gasteiger partial charge in [0.1, 0.15) is 12.2 Å². The van der Waals surface area contributed by atoms with E-state index in [4.69, 9.17) is 5.11 Å². The summed E-state index contributed by atoms with van der Waals surface area (Å²) in [5.74, 6) is -0.878. The van der Waals surface area contributed by atoms with Crippen LogP contribution < -0.4 is 5.32 Å². The average molecular weight is 340 g/mol. The maximum Gasteiger partial charge on any atom is 0.323 e. The van der Waals surface area contributed by atoms with Crippen molar-refractivity contribution in [2.75, 3.05) is 5.32 Å². The van der Waals surface area contributed by atoms with E-state index in [1.165, 1.54) is 0 Å². The van der Waals surface area contributed by atoms with E-state index >= 15 is 0 Å². The zero-order valence-corrected chi connectivity index (χ0v) is 14.4. The Kier molecular flexibility index (Phi) is 4.31. The van der Waals surface area contributed by atoms with E-state index in [1.807, 2.05) is 26.0 Å². The molecule has 0 atom stereocenters. The number of benzene rings is 1. The Balaban J connectivity index is 1.83. The first-order valence-electron chi connectivity index (χ1n) is 8.01. The van der Waals surface area contributed by atoms with Crippen molar-refractivity contribution < 1.29 is 14.7 Å². The molecule has 0 spiro atoms. The van der Waals surface area contributed by atoms with Crippen LogP contribution >= 0.6 is 0 Å². The number of anilines is 1. The summed E-state index contributed by atoms with van der Waals surface area (Å²) in [4.78, 5) is 23.4. The number of rotatable bonds is 5. The normalized spacial score (nSPS) is 11.2. The zero-order chi connectivity index (χ0) is 18.1. The first kappa shape index (κ1) is 16.8. The Morgan fingerprint density at radius 1 is 1.24 bits per heavy atom. The van der Waals surface area contributed by atoms with Crippen molar-refractivity contribution in [1.82, 2.24) is 14.3 Å². The van der Waals surface area contributed by atoms with Crippen LogP contribution in [0.3, 0.4) is 0 Å². The van der Waals surface area contributed by atoms with Crippen LogP contribution in [0.1, 0.15) is 35.9 Å². The predicted octanol–water partition coefficient (Wildman–Crippen LogP) is 2.84. The Morgan fingerprint density at radius 3 is 2.64 bits per heavy atom. The van der Waals surface area contributed by atoms with Crippen LogP contribution in [0.5, 0.6) is 0 Å². The fraction of sp³-hybridized carbons (Fsp3) is 0.278. The van der Waals surface area contributed by atoms with E-state index in [0.29, 0.717) is 11.4 Å². The lowest BCUT2D eigenvalue weighted by Crippen LogP contribution is -2.16. The van der Waals surface area contributed by atoms with Crippen molar-refractivity contribution in [3.05, 3.63) is 47.9 Å². The fourth-order valence-corrected chi connectivity index (χ4v) is 2.74. The molecule has 0 unspecified atom stereocenters. The second kappa shape index (κ2) is 6.43. The molecule has 7 heteroatoms. The van der Waals surface area contributed by atoms with Crippen LogP contribution in [-0.2, 0) is 18.4 Å². The van der Waals surface area contributed by atoms with Crippen molar-refractivity contribution in [3.8, 4) is 0 Å². The zero-order valence-electron chi connectivity index (χ0n) is 14.4. The molecule has 0 aliphatic carbocycles. The summed E-state index contributed by atoms with van der Waals surface area (Å²) in [7, 11) is 1.75. The number of fused-ring (bicyclic) bond motifs is 1. The molecule has 0 aliphatic heterocycles. The lowest BCUT2D eigenvalue weighted by molar-refractivity contribution is -0.137. The molecule has 2 N–H and O–H groups in total. The van der Waals surface area contributed by atoms with Crippen molar-refractivity contribution in [2.24, 2.45) is 7.05 Å². The van der Waals surface area contributed by atoms with Crippen molar-refractivity contribution in [3.63, 3.8) is 0 Å². The van der Waals surface area contributed by atoms with Crippen LogP contribution in [0.4, 0.5) is 5.69 Å². The number of aromatic nitrogens is 3. The number of nitrogens with zero attached hydrogens (tertiary/aromatic N) is 3. The number of carbonyl (C=O) groups excluding carboxylic acids is 1. The van der Waals surface area contributed by atoms with E-state index in [9.17, 15) is 9.59 Å². The predicted molar refractivity (Wildman–Crippen MR) is 94.8 cm³/mol. The highest BCUT2D eigenvalue weighted by Crippen LogP contribution is 2.21. The highest BCUT2D eigenvalue weighted by atomic mass is 16.4. The van der Waals surface area contributed by atoms with Gasteiger partial charge in [-0.3, -0.25) is 14.3 Å². The molecular weight excluding hydrogens is 320 g/mol. The number of carboxylic acid groups (broad SMARTS) is 1. The van der Waals surface area contributed by atoms with Crippen molar-refractivity contribution in [2.45, 2.75) is 26.3 Å². The first-order valence-corrected chi connectivity index (χ1v) is 8.01. The Hall–Kier alpha value is -3.09. The second-order valence-electron chi connectivity index (χ2n) is 6.30. The smallest absolute Gasteiger partial charge is 0.323 e. The molecule has 1 aromatic carbocycles. The van der Waals surface area contributed by atoms with Gasteiger partial charge in [-0.25, -0.2) is 0 Å². The number of aliphatic carboxylic acids is 1. The quantitative estimate of drug-likeness (QED) is 0.747. The van der Waals surface area contributed by atoms with Gasteiger partial charge in [-0.05, 0) is 36.2 Å². The lowest BCUT2D eigenvalue weighted by Gasteiger charge is -2.06. The summed E-state index contributed by atoms with van der Waals surface area (Å²) in [5, 5.41) is 17.0. The van der Waals surface area contributed by atoms with E-state index in [1.54, 1.807) is 40.7 Å². The summed E-state index contributed by atoms with van der Waals surface area (Å²) in [6.07, 6.45) is 1.72. The second-order valence-corrected chi connectivity index (χ2v) is 6.30. The molecule has 0 bridgehead atoms. The number of amides is 1. The molecule has 0 radical (unpaired) electrons. The number of aryl methyl sites for hydroxylation is 1. The van der Waals surface area contributed by atoms with E-state index < -0.39 is 5.97 Å². The minimum absolute atomic E-state index is 0.0950. The van der Waals surface area contributed by atoms with Gasteiger partial charge in [0, 0.05) is 29.8 Å². The minimum atomic E-state index is -0.896. The van der Waals surface area contributed by atoms with Gasteiger partial charge in [0.25, 0.3) is 5.91 Å². The Bertz CT molecular complexity index is 953. The van der Waals surface area contributed by atoms with Gasteiger partial charge < -0.3 is 15.0 Å². The van der Waals surface area contributed by atoms with Gasteiger partial charge in [0.2, 0.25) is 0 Å². The van der Waals surface area contributed by atoms with Gasteiger partial charge in [-0.15, -0.1) is 0 Å². The summed E-state index contributed by atoms with van der Waals surface area (Å²) in [5.41, 5.74) is 2.82. The van der Waals surface area contributed by atoms with Gasteiger partial charge in [-0.2, -0.15) is 5.10 Å². The summed E-state index contributed by atoms with van der Waals surface area (Å²) >= 11 is 0. The maximum atomic E-state index is 12.5. The SMILES string of the molecule is CC(C)c1cc(C(=O)Nc2ccc3c(ccn3CC(=O)O)c2)n(C)n1. The minimum Gasteiger partial charge on any atom is -0.480 e. The van der Waals surface area contributed by atoms with Crippen LogP contribution in [0.2, 0.25) is 0 Å². The van der Waals surface area contributed by atoms with Crippen LogP contribution in [-0.4, -0.2) is 31.3 Å². The highest BCUT2D eigenvalue weighted by molar-refractivity contribution is 6.04. The van der Waals surface area contributed by atoms with Crippen LogP contribution in [0.25, 0.3) is 10.9 Å². The number of carbonyl (C=O) groups is 2. The van der Waals surface area contributed by atoms with Gasteiger partial charge in [0.05, 0.1) is 5.69 Å². The number of carboxylic acids is 1. The molecule has 7 nitrogen and oxygen atoms in total. The van der Waals surface area contributed by atoms with Gasteiger partial charge >= 0.3 is 5.97 Å². The molecule has 130 valence electrons. The number of hydrogen-bond donors (Lipinski definition) is 2. The molecule has 25 heavy (non-hydrogen) atoms. The van der Waals surface area contributed by atoms with Crippen LogP contribution in [0.15, 0.2) is 36.5 Å². The standard InChI is InChI=1S/C18H20N4O3/c1-11(2)14-9-16(21(3)20-14)18(25)19-13-4-5-15-12(8-13)6-7-22(15)10-17(23)24/h4-9,11H,10H2,1-3H3,(H,19,25)(H,23,24). The number of hydrogen-bond acceptors (Lipinski definition) is 3. The molecule has 2 aromatic heterocycles. The van der Waals surface area contributed by atoms with E-state index in [2.05, 4.69) is 10.4 Å². The summed E-state index contributed by atoms with van der Waals surface area (Å²) < 4.78 is 3.23. The van der Waals surface area contributed by atoms with Crippen molar-refractivity contribution >= 4 is 28.5 Å². The molecule has 3 rings (SSSR count). The molecule has 2 heterocycles.